The molecule has 2 aromatic carbocycles. The Hall–Kier alpha value is -3.15. The SMILES string of the molecule is CCc1oc2ccccc2c1CN(C)C(=O)Cc1cc(OC)c(OC)c(OC)c1. The second kappa shape index (κ2) is 8.90. The largest absolute Gasteiger partial charge is 0.493 e. The fourth-order valence-electron chi connectivity index (χ4n) is 3.48. The van der Waals surface area contributed by atoms with Crippen molar-refractivity contribution < 1.29 is 23.4 Å². The first-order chi connectivity index (χ1) is 14.0. The quantitative estimate of drug-likeness (QED) is 0.569. The van der Waals surface area contributed by atoms with Gasteiger partial charge in [0.15, 0.2) is 11.5 Å². The molecule has 6 nitrogen and oxygen atoms in total. The minimum absolute atomic E-state index is 0.00777. The fraction of sp³-hybridized carbons (Fsp3) is 0.348. The summed E-state index contributed by atoms with van der Waals surface area (Å²) in [7, 11) is 6.48. The van der Waals surface area contributed by atoms with Gasteiger partial charge in [0, 0.05) is 31.0 Å². The van der Waals surface area contributed by atoms with Crippen LogP contribution in [0, 0.1) is 0 Å². The number of likely N-dealkylation sites (N-methyl/N-ethyl adjacent to an activating group) is 1. The summed E-state index contributed by atoms with van der Waals surface area (Å²) in [5.41, 5.74) is 2.71. The molecule has 0 bridgehead atoms. The van der Waals surface area contributed by atoms with E-state index in [1.54, 1.807) is 38.4 Å². The number of furan rings is 1. The molecule has 0 saturated heterocycles. The lowest BCUT2D eigenvalue weighted by molar-refractivity contribution is -0.129. The molecule has 0 saturated carbocycles. The minimum atomic E-state index is -0.00777. The highest BCUT2D eigenvalue weighted by atomic mass is 16.5. The normalized spacial score (nSPS) is 10.8. The van der Waals surface area contributed by atoms with Crippen LogP contribution in [0.15, 0.2) is 40.8 Å². The summed E-state index contributed by atoms with van der Waals surface area (Å²) in [5, 5.41) is 1.05. The minimum Gasteiger partial charge on any atom is -0.493 e. The van der Waals surface area contributed by atoms with Crippen LogP contribution in [0.1, 0.15) is 23.8 Å². The Balaban J connectivity index is 1.82. The van der Waals surface area contributed by atoms with E-state index in [4.69, 9.17) is 18.6 Å². The Morgan fingerprint density at radius 2 is 1.69 bits per heavy atom. The van der Waals surface area contributed by atoms with Crippen molar-refractivity contribution in [3.63, 3.8) is 0 Å². The summed E-state index contributed by atoms with van der Waals surface area (Å²) in [5.74, 6) is 2.49. The molecule has 0 spiro atoms. The van der Waals surface area contributed by atoms with Crippen LogP contribution in [0.3, 0.4) is 0 Å². The zero-order chi connectivity index (χ0) is 21.0. The highest BCUT2D eigenvalue weighted by Gasteiger charge is 2.19. The molecule has 6 heteroatoms. The number of carbonyl (C=O) groups excluding carboxylic acids is 1. The monoisotopic (exact) mass is 397 g/mol. The standard InChI is InChI=1S/C23H27NO5/c1-6-18-17(16-9-7-8-10-19(16)29-18)14-24(2)22(25)13-15-11-20(26-3)23(28-5)21(12-15)27-4/h7-12H,6,13-14H2,1-5H3. The summed E-state index contributed by atoms with van der Waals surface area (Å²) in [4.78, 5) is 14.6. The van der Waals surface area contributed by atoms with Gasteiger partial charge in [0.25, 0.3) is 0 Å². The average molecular weight is 397 g/mol. The van der Waals surface area contributed by atoms with E-state index < -0.39 is 0 Å². The molecule has 0 unspecified atom stereocenters. The molecule has 0 radical (unpaired) electrons. The van der Waals surface area contributed by atoms with Gasteiger partial charge in [-0.15, -0.1) is 0 Å². The zero-order valence-corrected chi connectivity index (χ0v) is 17.6. The van der Waals surface area contributed by atoms with E-state index in [-0.39, 0.29) is 12.3 Å². The third-order valence-electron chi connectivity index (χ3n) is 5.00. The fourth-order valence-corrected chi connectivity index (χ4v) is 3.48. The lowest BCUT2D eigenvalue weighted by Gasteiger charge is -2.19. The molecule has 3 aromatic rings. The van der Waals surface area contributed by atoms with E-state index in [0.717, 1.165) is 34.3 Å². The molecule has 0 N–H and O–H groups in total. The van der Waals surface area contributed by atoms with Crippen molar-refractivity contribution in [3.05, 3.63) is 53.3 Å². The molecular formula is C23H27NO5. The summed E-state index contributed by atoms with van der Waals surface area (Å²) < 4.78 is 22.1. The molecule has 1 amide bonds. The molecular weight excluding hydrogens is 370 g/mol. The number of para-hydroxylation sites is 1. The first kappa shape index (κ1) is 20.6. The first-order valence-electron chi connectivity index (χ1n) is 9.54. The van der Waals surface area contributed by atoms with Crippen molar-refractivity contribution in [2.45, 2.75) is 26.3 Å². The van der Waals surface area contributed by atoms with E-state index in [0.29, 0.717) is 23.8 Å². The Morgan fingerprint density at radius 1 is 1.03 bits per heavy atom. The predicted molar refractivity (Wildman–Crippen MR) is 112 cm³/mol. The molecule has 1 heterocycles. The second-order valence-corrected chi connectivity index (χ2v) is 6.81. The molecule has 0 fully saturated rings. The van der Waals surface area contributed by atoms with E-state index in [2.05, 4.69) is 6.92 Å². The molecule has 29 heavy (non-hydrogen) atoms. The topological polar surface area (TPSA) is 61.1 Å². The Bertz CT molecular complexity index is 983. The van der Waals surface area contributed by atoms with Crippen LogP contribution in [0.4, 0.5) is 0 Å². The number of amides is 1. The number of carbonyl (C=O) groups is 1. The number of hydrogen-bond donors (Lipinski definition) is 0. The Morgan fingerprint density at radius 3 is 2.28 bits per heavy atom. The zero-order valence-electron chi connectivity index (χ0n) is 17.6. The molecule has 0 atom stereocenters. The number of aryl methyl sites for hydroxylation is 1. The highest BCUT2D eigenvalue weighted by molar-refractivity contribution is 5.84. The van der Waals surface area contributed by atoms with Crippen molar-refractivity contribution >= 4 is 16.9 Å². The Labute approximate surface area is 171 Å². The highest BCUT2D eigenvalue weighted by Crippen LogP contribution is 2.38. The van der Waals surface area contributed by atoms with E-state index in [1.807, 2.05) is 31.3 Å². The van der Waals surface area contributed by atoms with Crippen molar-refractivity contribution in [1.29, 1.82) is 0 Å². The van der Waals surface area contributed by atoms with Gasteiger partial charge < -0.3 is 23.5 Å². The van der Waals surface area contributed by atoms with Crippen LogP contribution in [-0.4, -0.2) is 39.2 Å². The van der Waals surface area contributed by atoms with Gasteiger partial charge in [0.1, 0.15) is 11.3 Å². The van der Waals surface area contributed by atoms with Gasteiger partial charge in [-0.05, 0) is 23.8 Å². The molecule has 154 valence electrons. The Kier molecular flexibility index (Phi) is 6.32. The number of benzene rings is 2. The summed E-state index contributed by atoms with van der Waals surface area (Å²) >= 11 is 0. The number of methoxy groups -OCH3 is 3. The average Bonchev–Trinajstić information content (AvgIpc) is 3.10. The predicted octanol–water partition coefficient (Wildman–Crippen LogP) is 4.22. The van der Waals surface area contributed by atoms with Crippen molar-refractivity contribution in [3.8, 4) is 17.2 Å². The van der Waals surface area contributed by atoms with Crippen molar-refractivity contribution in [2.75, 3.05) is 28.4 Å². The maximum Gasteiger partial charge on any atom is 0.227 e. The first-order valence-corrected chi connectivity index (χ1v) is 9.54. The van der Waals surface area contributed by atoms with Crippen LogP contribution in [-0.2, 0) is 24.2 Å². The number of hydrogen-bond acceptors (Lipinski definition) is 5. The van der Waals surface area contributed by atoms with Crippen LogP contribution in [0.2, 0.25) is 0 Å². The third kappa shape index (κ3) is 4.16. The summed E-state index contributed by atoms with van der Waals surface area (Å²) in [6, 6.07) is 11.5. The molecule has 3 rings (SSSR count). The number of rotatable bonds is 8. The third-order valence-corrected chi connectivity index (χ3v) is 5.00. The maximum absolute atomic E-state index is 12.9. The molecule has 0 aliphatic carbocycles. The van der Waals surface area contributed by atoms with E-state index >= 15 is 0 Å². The van der Waals surface area contributed by atoms with Gasteiger partial charge in [-0.25, -0.2) is 0 Å². The molecule has 1 aromatic heterocycles. The van der Waals surface area contributed by atoms with Gasteiger partial charge in [-0.1, -0.05) is 25.1 Å². The van der Waals surface area contributed by atoms with Crippen LogP contribution >= 0.6 is 0 Å². The van der Waals surface area contributed by atoms with Gasteiger partial charge >= 0.3 is 0 Å². The maximum atomic E-state index is 12.9. The smallest absolute Gasteiger partial charge is 0.227 e. The van der Waals surface area contributed by atoms with Crippen molar-refractivity contribution in [2.24, 2.45) is 0 Å². The number of nitrogens with zero attached hydrogens (tertiary/aromatic N) is 1. The lowest BCUT2D eigenvalue weighted by atomic mass is 10.1. The van der Waals surface area contributed by atoms with Gasteiger partial charge in [-0.3, -0.25) is 4.79 Å². The van der Waals surface area contributed by atoms with Gasteiger partial charge in [0.05, 0.1) is 27.8 Å². The second-order valence-electron chi connectivity index (χ2n) is 6.81. The van der Waals surface area contributed by atoms with E-state index in [1.165, 1.54) is 0 Å². The van der Waals surface area contributed by atoms with Crippen LogP contribution in [0.5, 0.6) is 17.2 Å². The summed E-state index contributed by atoms with van der Waals surface area (Å²) in [6.07, 6.45) is 1.00. The molecule has 0 aliphatic heterocycles. The van der Waals surface area contributed by atoms with Gasteiger partial charge in [-0.2, -0.15) is 0 Å². The van der Waals surface area contributed by atoms with Crippen LogP contribution < -0.4 is 14.2 Å². The molecule has 0 aliphatic rings. The lowest BCUT2D eigenvalue weighted by Crippen LogP contribution is -2.28. The number of ether oxygens (including phenoxy) is 3. The summed E-state index contributed by atoms with van der Waals surface area (Å²) in [6.45, 7) is 2.54. The number of fused-ring (bicyclic) bond motifs is 1. The van der Waals surface area contributed by atoms with Gasteiger partial charge in [0.2, 0.25) is 11.7 Å². The van der Waals surface area contributed by atoms with Crippen LogP contribution in [0.25, 0.3) is 11.0 Å². The van der Waals surface area contributed by atoms with E-state index in [9.17, 15) is 4.79 Å². The van der Waals surface area contributed by atoms with Crippen molar-refractivity contribution in [1.82, 2.24) is 4.90 Å².